The summed E-state index contributed by atoms with van der Waals surface area (Å²) in [5.74, 6) is -1.57. The standard InChI is InChI=1S/C16H23F2N/c1-12(6-5-9-19-16(2,3)4)10-13-7-8-14(17)15(18)11-13/h6-8,11,19H,5,9-10H2,1-4H3/b12-6-. The van der Waals surface area contributed by atoms with Crippen LogP contribution in [0.15, 0.2) is 29.8 Å². The van der Waals surface area contributed by atoms with E-state index in [9.17, 15) is 8.78 Å². The van der Waals surface area contributed by atoms with Crippen molar-refractivity contribution >= 4 is 0 Å². The van der Waals surface area contributed by atoms with E-state index in [0.29, 0.717) is 6.42 Å². The first-order valence-electron chi connectivity index (χ1n) is 6.62. The molecule has 0 unspecified atom stereocenters. The highest BCUT2D eigenvalue weighted by molar-refractivity contribution is 5.22. The van der Waals surface area contributed by atoms with Gasteiger partial charge in [-0.25, -0.2) is 8.78 Å². The molecule has 106 valence electrons. The third-order valence-corrected chi connectivity index (χ3v) is 2.76. The molecule has 0 amide bonds. The summed E-state index contributed by atoms with van der Waals surface area (Å²) in [5, 5.41) is 3.40. The Morgan fingerprint density at radius 2 is 1.89 bits per heavy atom. The molecule has 0 aliphatic carbocycles. The van der Waals surface area contributed by atoms with E-state index in [4.69, 9.17) is 0 Å². The molecule has 0 spiro atoms. The van der Waals surface area contributed by atoms with Crippen LogP contribution in [0.25, 0.3) is 0 Å². The van der Waals surface area contributed by atoms with E-state index in [1.165, 1.54) is 17.7 Å². The Balaban J connectivity index is 2.45. The highest BCUT2D eigenvalue weighted by Gasteiger charge is 2.06. The van der Waals surface area contributed by atoms with E-state index in [1.807, 2.05) is 6.92 Å². The zero-order valence-corrected chi connectivity index (χ0v) is 12.2. The minimum absolute atomic E-state index is 0.127. The minimum Gasteiger partial charge on any atom is -0.312 e. The molecule has 1 nitrogen and oxygen atoms in total. The van der Waals surface area contributed by atoms with Gasteiger partial charge < -0.3 is 5.32 Å². The van der Waals surface area contributed by atoms with Crippen LogP contribution in [0.2, 0.25) is 0 Å². The van der Waals surface area contributed by atoms with Gasteiger partial charge in [-0.3, -0.25) is 0 Å². The van der Waals surface area contributed by atoms with Crippen molar-refractivity contribution in [2.24, 2.45) is 0 Å². The van der Waals surface area contributed by atoms with Crippen LogP contribution in [-0.4, -0.2) is 12.1 Å². The zero-order valence-electron chi connectivity index (χ0n) is 12.2. The largest absolute Gasteiger partial charge is 0.312 e. The molecule has 0 aliphatic rings. The van der Waals surface area contributed by atoms with Crippen LogP contribution in [-0.2, 0) is 6.42 Å². The molecule has 0 saturated carbocycles. The van der Waals surface area contributed by atoms with Gasteiger partial charge in [-0.15, -0.1) is 0 Å². The average Bonchev–Trinajstić information content (AvgIpc) is 2.28. The summed E-state index contributed by atoms with van der Waals surface area (Å²) in [6.07, 6.45) is 3.74. The van der Waals surface area contributed by atoms with Crippen molar-refractivity contribution in [2.45, 2.75) is 46.1 Å². The van der Waals surface area contributed by atoms with Crippen molar-refractivity contribution in [3.05, 3.63) is 47.0 Å². The Morgan fingerprint density at radius 1 is 1.21 bits per heavy atom. The molecule has 0 fully saturated rings. The monoisotopic (exact) mass is 267 g/mol. The van der Waals surface area contributed by atoms with Gasteiger partial charge in [-0.05, 0) is 64.8 Å². The van der Waals surface area contributed by atoms with E-state index < -0.39 is 11.6 Å². The van der Waals surface area contributed by atoms with E-state index in [1.54, 1.807) is 6.07 Å². The normalized spacial score (nSPS) is 12.8. The molecular formula is C16H23F2N. The summed E-state index contributed by atoms with van der Waals surface area (Å²) in [5.41, 5.74) is 2.10. The van der Waals surface area contributed by atoms with Crippen LogP contribution in [0, 0.1) is 11.6 Å². The topological polar surface area (TPSA) is 12.0 Å². The van der Waals surface area contributed by atoms with Crippen molar-refractivity contribution in [1.29, 1.82) is 0 Å². The molecule has 3 heteroatoms. The number of halogens is 2. The fourth-order valence-electron chi connectivity index (χ4n) is 1.81. The number of allylic oxidation sites excluding steroid dienone is 1. The number of hydrogen-bond donors (Lipinski definition) is 1. The quantitative estimate of drug-likeness (QED) is 0.622. The molecule has 1 aromatic rings. The van der Waals surface area contributed by atoms with Crippen LogP contribution in [0.1, 0.15) is 39.7 Å². The third-order valence-electron chi connectivity index (χ3n) is 2.76. The van der Waals surface area contributed by atoms with Crippen LogP contribution in [0.3, 0.4) is 0 Å². The first-order chi connectivity index (χ1) is 8.78. The van der Waals surface area contributed by atoms with Crippen molar-refractivity contribution in [2.75, 3.05) is 6.54 Å². The van der Waals surface area contributed by atoms with E-state index in [-0.39, 0.29) is 5.54 Å². The van der Waals surface area contributed by atoms with Gasteiger partial charge in [0.2, 0.25) is 0 Å². The van der Waals surface area contributed by atoms with Crippen molar-refractivity contribution in [3.63, 3.8) is 0 Å². The maximum absolute atomic E-state index is 13.1. The maximum atomic E-state index is 13.1. The Kier molecular flexibility index (Phi) is 5.67. The summed E-state index contributed by atoms with van der Waals surface area (Å²) in [6, 6.07) is 4.07. The van der Waals surface area contributed by atoms with Crippen LogP contribution < -0.4 is 5.32 Å². The molecule has 1 N–H and O–H groups in total. The van der Waals surface area contributed by atoms with Gasteiger partial charge in [0.1, 0.15) is 0 Å². The molecule has 0 aromatic heterocycles. The first kappa shape index (κ1) is 15.8. The zero-order chi connectivity index (χ0) is 14.5. The highest BCUT2D eigenvalue weighted by atomic mass is 19.2. The SMILES string of the molecule is C/C(=C/CCNC(C)(C)C)Cc1ccc(F)c(F)c1. The Hall–Kier alpha value is -1.22. The van der Waals surface area contributed by atoms with Crippen molar-refractivity contribution < 1.29 is 8.78 Å². The van der Waals surface area contributed by atoms with Gasteiger partial charge >= 0.3 is 0 Å². The first-order valence-corrected chi connectivity index (χ1v) is 6.62. The second-order valence-corrected chi connectivity index (χ2v) is 5.94. The molecule has 0 atom stereocenters. The maximum Gasteiger partial charge on any atom is 0.159 e. The fourth-order valence-corrected chi connectivity index (χ4v) is 1.81. The number of rotatable bonds is 5. The van der Waals surface area contributed by atoms with E-state index in [0.717, 1.165) is 18.5 Å². The predicted molar refractivity (Wildman–Crippen MR) is 76.2 cm³/mol. The van der Waals surface area contributed by atoms with E-state index >= 15 is 0 Å². The van der Waals surface area contributed by atoms with Gasteiger partial charge in [-0.2, -0.15) is 0 Å². The average molecular weight is 267 g/mol. The lowest BCUT2D eigenvalue weighted by Crippen LogP contribution is -2.36. The Morgan fingerprint density at radius 3 is 2.47 bits per heavy atom. The lowest BCUT2D eigenvalue weighted by molar-refractivity contribution is 0.431. The summed E-state index contributed by atoms with van der Waals surface area (Å²) < 4.78 is 25.9. The molecule has 19 heavy (non-hydrogen) atoms. The van der Waals surface area contributed by atoms with Gasteiger partial charge in [0, 0.05) is 5.54 Å². The van der Waals surface area contributed by atoms with Crippen LogP contribution in [0.5, 0.6) is 0 Å². The molecule has 1 aromatic carbocycles. The molecule has 0 saturated heterocycles. The van der Waals surface area contributed by atoms with Gasteiger partial charge in [0.15, 0.2) is 11.6 Å². The van der Waals surface area contributed by atoms with Gasteiger partial charge in [0.05, 0.1) is 0 Å². The van der Waals surface area contributed by atoms with Crippen LogP contribution >= 0.6 is 0 Å². The number of hydrogen-bond acceptors (Lipinski definition) is 1. The Bertz CT molecular complexity index is 445. The molecular weight excluding hydrogens is 244 g/mol. The fraction of sp³-hybridized carbons (Fsp3) is 0.500. The lowest BCUT2D eigenvalue weighted by atomic mass is 10.0. The summed E-state index contributed by atoms with van der Waals surface area (Å²) >= 11 is 0. The number of nitrogens with one attached hydrogen (secondary N) is 1. The second-order valence-electron chi connectivity index (χ2n) is 5.94. The third kappa shape index (κ3) is 6.48. The van der Waals surface area contributed by atoms with Gasteiger partial charge in [0.25, 0.3) is 0 Å². The highest BCUT2D eigenvalue weighted by Crippen LogP contribution is 2.13. The molecule has 0 bridgehead atoms. The molecule has 1 rings (SSSR count). The van der Waals surface area contributed by atoms with Crippen molar-refractivity contribution in [1.82, 2.24) is 5.32 Å². The smallest absolute Gasteiger partial charge is 0.159 e. The molecule has 0 heterocycles. The molecule has 0 radical (unpaired) electrons. The molecule has 0 aliphatic heterocycles. The van der Waals surface area contributed by atoms with Crippen LogP contribution in [0.4, 0.5) is 8.78 Å². The van der Waals surface area contributed by atoms with Gasteiger partial charge in [-0.1, -0.05) is 17.7 Å². The predicted octanol–water partition coefficient (Wildman–Crippen LogP) is 4.23. The summed E-state index contributed by atoms with van der Waals surface area (Å²) in [6.45, 7) is 9.32. The second kappa shape index (κ2) is 6.80. The Labute approximate surface area is 114 Å². The lowest BCUT2D eigenvalue weighted by Gasteiger charge is -2.19. The van der Waals surface area contributed by atoms with Crippen molar-refractivity contribution in [3.8, 4) is 0 Å². The van der Waals surface area contributed by atoms with E-state index in [2.05, 4.69) is 32.2 Å². The summed E-state index contributed by atoms with van der Waals surface area (Å²) in [7, 11) is 0. The summed E-state index contributed by atoms with van der Waals surface area (Å²) in [4.78, 5) is 0. The number of benzene rings is 1. The minimum atomic E-state index is -0.792.